The van der Waals surface area contributed by atoms with Gasteiger partial charge in [0, 0.05) is 20.6 Å². The molecule has 3 rings (SSSR count). The smallest absolute Gasteiger partial charge is 0.165 e. The Bertz CT molecular complexity index is 601. The minimum Gasteiger partial charge on any atom is -0.361 e. The summed E-state index contributed by atoms with van der Waals surface area (Å²) in [7, 11) is -1.03. The van der Waals surface area contributed by atoms with E-state index in [1.165, 1.54) is 18.9 Å². The van der Waals surface area contributed by atoms with Gasteiger partial charge in [0.05, 0.1) is 6.20 Å². The molecule has 0 aromatic carbocycles. The third-order valence-corrected chi connectivity index (χ3v) is 5.30. The molecule has 0 amide bonds. The molecule has 20 heavy (non-hydrogen) atoms. The van der Waals surface area contributed by atoms with Gasteiger partial charge in [-0.05, 0) is 18.9 Å². The Labute approximate surface area is 120 Å². The highest BCUT2D eigenvalue weighted by molar-refractivity contribution is 6.76. The third-order valence-electron chi connectivity index (χ3n) is 3.60. The van der Waals surface area contributed by atoms with Gasteiger partial charge in [0.1, 0.15) is 24.4 Å². The van der Waals surface area contributed by atoms with Gasteiger partial charge in [-0.3, -0.25) is 4.57 Å². The first-order valence-corrected chi connectivity index (χ1v) is 11.0. The lowest BCUT2D eigenvalue weighted by molar-refractivity contribution is 0.0875. The van der Waals surface area contributed by atoms with Crippen LogP contribution in [0.2, 0.25) is 25.7 Å². The molecule has 6 heteroatoms. The van der Waals surface area contributed by atoms with Crippen LogP contribution < -0.4 is 0 Å². The van der Waals surface area contributed by atoms with E-state index in [1.807, 2.05) is 0 Å². The van der Waals surface area contributed by atoms with E-state index in [0.29, 0.717) is 12.6 Å². The number of ether oxygens (including phenoxy) is 1. The largest absolute Gasteiger partial charge is 0.361 e. The van der Waals surface area contributed by atoms with Crippen LogP contribution in [0.25, 0.3) is 11.2 Å². The summed E-state index contributed by atoms with van der Waals surface area (Å²) in [6.07, 6.45) is 5.82. The second kappa shape index (κ2) is 5.25. The van der Waals surface area contributed by atoms with Crippen LogP contribution in [0.4, 0.5) is 0 Å². The zero-order chi connectivity index (χ0) is 14.2. The second-order valence-electron chi connectivity index (χ2n) is 6.75. The van der Waals surface area contributed by atoms with Crippen molar-refractivity contribution < 1.29 is 4.74 Å². The van der Waals surface area contributed by atoms with Gasteiger partial charge >= 0.3 is 0 Å². The van der Waals surface area contributed by atoms with Crippen LogP contribution in [0, 0.1) is 0 Å². The first-order chi connectivity index (χ1) is 9.54. The molecule has 0 unspecified atom stereocenters. The molecule has 0 atom stereocenters. The van der Waals surface area contributed by atoms with Crippen LogP contribution in [0.15, 0.2) is 12.5 Å². The molecule has 0 saturated heterocycles. The van der Waals surface area contributed by atoms with Gasteiger partial charge in [-0.2, -0.15) is 0 Å². The molecule has 1 fully saturated rings. The number of aromatic nitrogens is 4. The van der Waals surface area contributed by atoms with Gasteiger partial charge in [-0.15, -0.1) is 0 Å². The zero-order valence-electron chi connectivity index (χ0n) is 12.5. The van der Waals surface area contributed by atoms with Crippen molar-refractivity contribution in [3.8, 4) is 0 Å². The van der Waals surface area contributed by atoms with E-state index >= 15 is 0 Å². The monoisotopic (exact) mass is 290 g/mol. The summed E-state index contributed by atoms with van der Waals surface area (Å²) in [5, 5.41) is 0. The average Bonchev–Trinajstić information content (AvgIpc) is 3.16. The van der Waals surface area contributed by atoms with Gasteiger partial charge in [0.2, 0.25) is 0 Å². The lowest BCUT2D eigenvalue weighted by Crippen LogP contribution is -2.22. The Morgan fingerprint density at radius 1 is 1.35 bits per heavy atom. The van der Waals surface area contributed by atoms with Crippen molar-refractivity contribution in [1.82, 2.24) is 19.5 Å². The van der Waals surface area contributed by atoms with Crippen molar-refractivity contribution in [1.29, 1.82) is 0 Å². The van der Waals surface area contributed by atoms with Crippen LogP contribution >= 0.6 is 0 Å². The normalized spacial score (nSPS) is 15.9. The van der Waals surface area contributed by atoms with E-state index in [1.54, 1.807) is 12.5 Å². The number of hydrogen-bond acceptors (Lipinski definition) is 4. The molecule has 2 aromatic heterocycles. The summed E-state index contributed by atoms with van der Waals surface area (Å²) in [4.78, 5) is 13.1. The molecule has 5 nitrogen and oxygen atoms in total. The summed E-state index contributed by atoms with van der Waals surface area (Å²) in [5.41, 5.74) is 1.78. The highest BCUT2D eigenvalue weighted by Gasteiger charge is 2.30. The number of nitrogens with zero attached hydrogens (tertiary/aromatic N) is 4. The van der Waals surface area contributed by atoms with E-state index in [0.717, 1.165) is 23.6 Å². The minimum atomic E-state index is -1.03. The fourth-order valence-electron chi connectivity index (χ4n) is 2.21. The summed E-state index contributed by atoms with van der Waals surface area (Å²) in [6.45, 7) is 8.48. The van der Waals surface area contributed by atoms with Crippen molar-refractivity contribution in [2.45, 2.75) is 51.2 Å². The highest BCUT2D eigenvalue weighted by Crippen LogP contribution is 2.40. The average molecular weight is 290 g/mol. The van der Waals surface area contributed by atoms with Crippen LogP contribution in [0.1, 0.15) is 24.6 Å². The maximum absolute atomic E-state index is 5.88. The predicted octanol–water partition coefficient (Wildman–Crippen LogP) is 3.02. The van der Waals surface area contributed by atoms with E-state index in [4.69, 9.17) is 4.74 Å². The molecule has 1 aliphatic carbocycles. The van der Waals surface area contributed by atoms with Crippen molar-refractivity contribution >= 4 is 19.2 Å². The molecule has 2 aromatic rings. The van der Waals surface area contributed by atoms with Gasteiger partial charge in [-0.25, -0.2) is 15.0 Å². The Morgan fingerprint density at radius 2 is 2.15 bits per heavy atom. The number of hydrogen-bond donors (Lipinski definition) is 0. The Morgan fingerprint density at radius 3 is 2.85 bits per heavy atom. The number of imidazole rings is 1. The molecule has 108 valence electrons. The lowest BCUT2D eigenvalue weighted by atomic mass is 10.4. The molecule has 1 saturated carbocycles. The molecular weight excluding hydrogens is 268 g/mol. The zero-order valence-corrected chi connectivity index (χ0v) is 13.5. The van der Waals surface area contributed by atoms with Crippen molar-refractivity contribution in [2.24, 2.45) is 0 Å². The molecule has 0 spiro atoms. The fraction of sp³-hybridized carbons (Fsp3) is 0.643. The van der Waals surface area contributed by atoms with Crippen LogP contribution in [0.5, 0.6) is 0 Å². The third kappa shape index (κ3) is 3.07. The molecule has 0 radical (unpaired) electrons. The number of rotatable bonds is 6. The number of fused-ring (bicyclic) bond motifs is 1. The first-order valence-electron chi connectivity index (χ1n) is 7.28. The quantitative estimate of drug-likeness (QED) is 0.606. The van der Waals surface area contributed by atoms with Gasteiger partial charge in [-0.1, -0.05) is 19.6 Å². The Hall–Kier alpha value is -1.27. The second-order valence-corrected chi connectivity index (χ2v) is 12.4. The molecule has 2 heterocycles. The predicted molar refractivity (Wildman–Crippen MR) is 81.4 cm³/mol. The van der Waals surface area contributed by atoms with Crippen LogP contribution in [-0.4, -0.2) is 34.2 Å². The molecule has 1 aliphatic rings. The van der Waals surface area contributed by atoms with Gasteiger partial charge < -0.3 is 4.74 Å². The minimum absolute atomic E-state index is 0.559. The van der Waals surface area contributed by atoms with Crippen molar-refractivity contribution in [3.63, 3.8) is 0 Å². The van der Waals surface area contributed by atoms with E-state index < -0.39 is 8.07 Å². The standard InChI is InChI=1S/C14H22N4OSi/c1-20(2,3)7-6-19-10-18-13(11-4-5-11)17-12-8-15-9-16-14(12)18/h8-9,11H,4-7,10H2,1-3H3. The molecular formula is C14H22N4OSi. The van der Waals surface area contributed by atoms with Crippen molar-refractivity contribution in [2.75, 3.05) is 6.61 Å². The lowest BCUT2D eigenvalue weighted by Gasteiger charge is -2.16. The summed E-state index contributed by atoms with van der Waals surface area (Å²) < 4.78 is 8.00. The molecule has 0 bridgehead atoms. The van der Waals surface area contributed by atoms with E-state index in [-0.39, 0.29) is 0 Å². The maximum Gasteiger partial charge on any atom is 0.165 e. The van der Waals surface area contributed by atoms with E-state index in [2.05, 4.69) is 39.2 Å². The van der Waals surface area contributed by atoms with Crippen LogP contribution in [-0.2, 0) is 11.5 Å². The summed E-state index contributed by atoms with van der Waals surface area (Å²) >= 11 is 0. The summed E-state index contributed by atoms with van der Waals surface area (Å²) in [6, 6.07) is 1.19. The van der Waals surface area contributed by atoms with Crippen molar-refractivity contribution in [3.05, 3.63) is 18.3 Å². The Balaban J connectivity index is 1.74. The highest BCUT2D eigenvalue weighted by atomic mass is 28.3. The van der Waals surface area contributed by atoms with E-state index in [9.17, 15) is 0 Å². The molecule has 0 aliphatic heterocycles. The van der Waals surface area contributed by atoms with Crippen LogP contribution in [0.3, 0.4) is 0 Å². The molecule has 0 N–H and O–H groups in total. The first kappa shape index (κ1) is 13.7. The fourth-order valence-corrected chi connectivity index (χ4v) is 2.97. The SMILES string of the molecule is C[Si](C)(C)CCOCn1c(C2CC2)nc2cncnc21. The van der Waals surface area contributed by atoms with Gasteiger partial charge in [0.25, 0.3) is 0 Å². The summed E-state index contributed by atoms with van der Waals surface area (Å²) in [5.74, 6) is 1.71. The topological polar surface area (TPSA) is 52.8 Å². The van der Waals surface area contributed by atoms with Gasteiger partial charge in [0.15, 0.2) is 5.65 Å². The Kier molecular flexibility index (Phi) is 3.60. The maximum atomic E-state index is 5.88.